The van der Waals surface area contributed by atoms with E-state index in [0.717, 1.165) is 0 Å². The number of aliphatic hydroxyl groups is 10. The second kappa shape index (κ2) is 13.5. The SMILES string of the molecule is N[C@H]1C(O)O[C@H](CO[C@]2(C(=O)O)C[C@@H](O[C@]3(C(=O)O)C[C@@H](O)[C@@H](O)[C@@H]([C@H](O)CO)O3)[C@@H](O)[C@@H]([C@H](O)CO)O2)[C@@H](O)[C@@H]1O. The summed E-state index contributed by atoms with van der Waals surface area (Å²) in [6, 6.07) is -1.43. The molecule has 0 amide bonds. The van der Waals surface area contributed by atoms with Gasteiger partial charge in [0.2, 0.25) is 0 Å². The van der Waals surface area contributed by atoms with Gasteiger partial charge in [-0.1, -0.05) is 0 Å². The standard InChI is InChI=1S/C22H37NO19/c23-11-15(32)13(30)10(39-18(11)33)5-38-21(19(34)35)2-9(14(31)17(41-21)8(28)4-25)40-22(20(36)37)1-6(26)12(29)16(42-22)7(27)3-24/h6-18,24-33H,1-5,23H2,(H,34,35)(H,36,37)/t6-,7-,8-,9-,10-,11-,12-,13-,14-,15-,16-,17-,18?,21-,22-/m1/s1. The van der Waals surface area contributed by atoms with E-state index in [4.69, 9.17) is 29.4 Å². The molecule has 20 nitrogen and oxygen atoms in total. The Balaban J connectivity index is 1.96. The summed E-state index contributed by atoms with van der Waals surface area (Å²) < 4.78 is 26.5. The third kappa shape index (κ3) is 6.68. The van der Waals surface area contributed by atoms with E-state index >= 15 is 0 Å². The highest BCUT2D eigenvalue weighted by Gasteiger charge is 2.61. The summed E-state index contributed by atoms with van der Waals surface area (Å²) in [5.74, 6) is -9.85. The fraction of sp³-hybridized carbons (Fsp3) is 0.909. The van der Waals surface area contributed by atoms with Crippen molar-refractivity contribution < 1.29 is 94.6 Å². The summed E-state index contributed by atoms with van der Waals surface area (Å²) in [4.78, 5) is 24.8. The van der Waals surface area contributed by atoms with Gasteiger partial charge in [0.05, 0.1) is 38.1 Å². The monoisotopic (exact) mass is 619 g/mol. The largest absolute Gasteiger partial charge is 0.477 e. The van der Waals surface area contributed by atoms with E-state index in [9.17, 15) is 70.9 Å². The number of hydrogen-bond acceptors (Lipinski definition) is 18. The van der Waals surface area contributed by atoms with Crippen LogP contribution >= 0.6 is 0 Å². The average molecular weight is 620 g/mol. The van der Waals surface area contributed by atoms with Gasteiger partial charge in [-0.2, -0.15) is 0 Å². The molecule has 20 heteroatoms. The third-order valence-corrected chi connectivity index (χ3v) is 7.42. The predicted molar refractivity (Wildman–Crippen MR) is 126 cm³/mol. The van der Waals surface area contributed by atoms with Crippen molar-refractivity contribution in [2.45, 2.75) is 104 Å². The van der Waals surface area contributed by atoms with Crippen LogP contribution in [-0.2, 0) is 33.3 Å². The van der Waals surface area contributed by atoms with Crippen molar-refractivity contribution in [2.75, 3.05) is 19.8 Å². The van der Waals surface area contributed by atoms with Crippen molar-refractivity contribution in [3.63, 3.8) is 0 Å². The van der Waals surface area contributed by atoms with Crippen LogP contribution in [0, 0.1) is 0 Å². The van der Waals surface area contributed by atoms with Crippen LogP contribution in [0.1, 0.15) is 12.8 Å². The zero-order valence-electron chi connectivity index (χ0n) is 21.8. The highest BCUT2D eigenvalue weighted by Crippen LogP contribution is 2.40. The summed E-state index contributed by atoms with van der Waals surface area (Å²) in [6.45, 7) is -3.09. The number of rotatable bonds is 11. The Labute approximate surface area is 236 Å². The molecule has 0 radical (unpaired) electrons. The molecule has 14 N–H and O–H groups in total. The normalized spacial score (nSPS) is 46.1. The molecule has 3 heterocycles. The molecule has 3 rings (SSSR count). The van der Waals surface area contributed by atoms with Crippen LogP contribution in [0.3, 0.4) is 0 Å². The molecule has 42 heavy (non-hydrogen) atoms. The zero-order valence-corrected chi connectivity index (χ0v) is 21.8. The van der Waals surface area contributed by atoms with Crippen LogP contribution in [0.25, 0.3) is 0 Å². The molecule has 0 aromatic carbocycles. The van der Waals surface area contributed by atoms with E-state index in [2.05, 4.69) is 0 Å². The highest BCUT2D eigenvalue weighted by atomic mass is 16.8. The van der Waals surface area contributed by atoms with Gasteiger partial charge in [0.15, 0.2) is 6.29 Å². The maximum atomic E-state index is 12.5. The molecule has 244 valence electrons. The lowest BCUT2D eigenvalue weighted by Gasteiger charge is -2.50. The van der Waals surface area contributed by atoms with E-state index in [1.807, 2.05) is 0 Å². The summed E-state index contributed by atoms with van der Waals surface area (Å²) in [5.41, 5.74) is 5.51. The van der Waals surface area contributed by atoms with Gasteiger partial charge in [-0.05, 0) is 0 Å². The molecule has 0 bridgehead atoms. The summed E-state index contributed by atoms with van der Waals surface area (Å²) in [6.07, 6.45) is -25.0. The first-order valence-electron chi connectivity index (χ1n) is 12.8. The molecule has 15 atom stereocenters. The van der Waals surface area contributed by atoms with Gasteiger partial charge < -0.3 is 90.7 Å². The van der Waals surface area contributed by atoms with Crippen LogP contribution in [-0.4, -0.2) is 184 Å². The molecule has 3 fully saturated rings. The number of nitrogens with two attached hydrogens (primary N) is 1. The molecular formula is C22H37NO19. The molecule has 1 unspecified atom stereocenters. The first-order chi connectivity index (χ1) is 19.5. The number of hydrogen-bond donors (Lipinski definition) is 13. The Morgan fingerprint density at radius 3 is 1.86 bits per heavy atom. The molecule has 0 aromatic rings. The zero-order chi connectivity index (χ0) is 31.7. The van der Waals surface area contributed by atoms with Crippen molar-refractivity contribution in [3.8, 4) is 0 Å². The van der Waals surface area contributed by atoms with Gasteiger partial charge in [0, 0.05) is 12.8 Å². The highest BCUT2D eigenvalue weighted by molar-refractivity contribution is 5.77. The molecule has 3 aliphatic rings. The average Bonchev–Trinajstić information content (AvgIpc) is 2.95. The topological polar surface area (TPSA) is 349 Å². The Kier molecular flexibility index (Phi) is 11.2. The molecular weight excluding hydrogens is 582 g/mol. The fourth-order valence-corrected chi connectivity index (χ4v) is 4.94. The van der Waals surface area contributed by atoms with Gasteiger partial charge in [-0.15, -0.1) is 0 Å². The number of aliphatic carboxylic acids is 2. The first-order valence-corrected chi connectivity index (χ1v) is 12.8. The van der Waals surface area contributed by atoms with Crippen LogP contribution in [0.15, 0.2) is 0 Å². The minimum Gasteiger partial charge on any atom is -0.477 e. The van der Waals surface area contributed by atoms with Crippen molar-refractivity contribution in [2.24, 2.45) is 5.73 Å². The van der Waals surface area contributed by atoms with Crippen LogP contribution in [0.5, 0.6) is 0 Å². The van der Waals surface area contributed by atoms with Crippen molar-refractivity contribution in [1.82, 2.24) is 0 Å². The van der Waals surface area contributed by atoms with Gasteiger partial charge in [-0.3, -0.25) is 0 Å². The minimum atomic E-state index is -2.99. The first kappa shape index (κ1) is 34.8. The van der Waals surface area contributed by atoms with Crippen LogP contribution < -0.4 is 5.73 Å². The number of aliphatic hydroxyl groups excluding tert-OH is 10. The molecule has 0 saturated carbocycles. The molecule has 0 aliphatic carbocycles. The van der Waals surface area contributed by atoms with E-state index in [1.54, 1.807) is 0 Å². The van der Waals surface area contributed by atoms with E-state index in [1.165, 1.54) is 0 Å². The fourth-order valence-electron chi connectivity index (χ4n) is 4.94. The molecule has 0 aromatic heterocycles. The smallest absolute Gasteiger partial charge is 0.364 e. The third-order valence-electron chi connectivity index (χ3n) is 7.42. The summed E-state index contributed by atoms with van der Waals surface area (Å²) in [5, 5.41) is 121. The van der Waals surface area contributed by atoms with E-state index in [0.29, 0.717) is 0 Å². The number of carboxylic acids is 2. The quantitative estimate of drug-likeness (QED) is 0.102. The summed E-state index contributed by atoms with van der Waals surface area (Å²) in [7, 11) is 0. The van der Waals surface area contributed by atoms with Crippen LogP contribution in [0.4, 0.5) is 0 Å². The Morgan fingerprint density at radius 2 is 1.33 bits per heavy atom. The summed E-state index contributed by atoms with van der Waals surface area (Å²) >= 11 is 0. The lowest BCUT2D eigenvalue weighted by molar-refractivity contribution is -0.377. The van der Waals surface area contributed by atoms with Crippen molar-refractivity contribution in [1.29, 1.82) is 0 Å². The maximum Gasteiger partial charge on any atom is 0.364 e. The van der Waals surface area contributed by atoms with Crippen molar-refractivity contribution in [3.05, 3.63) is 0 Å². The minimum absolute atomic E-state index is 0.935. The second-order valence-corrected chi connectivity index (χ2v) is 10.3. The Morgan fingerprint density at radius 1 is 0.810 bits per heavy atom. The number of carboxylic acid groups (broad SMARTS) is 2. The van der Waals surface area contributed by atoms with Gasteiger partial charge in [0.25, 0.3) is 11.6 Å². The van der Waals surface area contributed by atoms with Gasteiger partial charge >= 0.3 is 11.9 Å². The van der Waals surface area contributed by atoms with Gasteiger partial charge in [-0.25, -0.2) is 9.59 Å². The predicted octanol–water partition coefficient (Wildman–Crippen LogP) is -7.92. The van der Waals surface area contributed by atoms with Crippen molar-refractivity contribution >= 4 is 11.9 Å². The molecule has 3 aliphatic heterocycles. The van der Waals surface area contributed by atoms with E-state index in [-0.39, 0.29) is 0 Å². The molecule has 3 saturated heterocycles. The lowest BCUT2D eigenvalue weighted by atomic mass is 9.90. The van der Waals surface area contributed by atoms with Gasteiger partial charge in [0.1, 0.15) is 54.9 Å². The maximum absolute atomic E-state index is 12.5. The number of ether oxygens (including phenoxy) is 5. The molecule has 0 spiro atoms. The van der Waals surface area contributed by atoms with E-state index < -0.39 is 136 Å². The number of carbonyl (C=O) groups is 2. The lowest BCUT2D eigenvalue weighted by Crippen LogP contribution is -2.68. The van der Waals surface area contributed by atoms with Crippen LogP contribution in [0.2, 0.25) is 0 Å². The Hall–Kier alpha value is -1.70. The Bertz CT molecular complexity index is 943. The second-order valence-electron chi connectivity index (χ2n) is 10.3.